The van der Waals surface area contributed by atoms with E-state index in [2.05, 4.69) is 4.98 Å². The molecule has 8 heteroatoms. The molecule has 0 aliphatic heterocycles. The van der Waals surface area contributed by atoms with Gasteiger partial charge in [0, 0.05) is 25.8 Å². The van der Waals surface area contributed by atoms with E-state index in [0.717, 1.165) is 32.1 Å². The number of aliphatic hydroxyl groups is 1. The van der Waals surface area contributed by atoms with Gasteiger partial charge < -0.3 is 9.67 Å². The topological polar surface area (TPSA) is 75.4 Å². The molecule has 0 saturated heterocycles. The molecular weight excluding hydrogens is 314 g/mol. The number of nitrogens with zero attached hydrogens (tertiary/aromatic N) is 3. The lowest BCUT2D eigenvalue weighted by atomic mass is 9.95. The molecule has 1 N–H and O–H groups in total. The van der Waals surface area contributed by atoms with Crippen molar-refractivity contribution < 1.29 is 13.5 Å². The van der Waals surface area contributed by atoms with E-state index < -0.39 is 16.1 Å². The van der Waals surface area contributed by atoms with Gasteiger partial charge in [-0.25, -0.2) is 13.4 Å². The number of rotatable bonds is 5. The Hall–Kier alpha value is -0.630. The molecule has 6 nitrogen and oxygen atoms in total. The first-order chi connectivity index (χ1) is 9.82. The normalized spacial score (nSPS) is 19.1. The van der Waals surface area contributed by atoms with Crippen molar-refractivity contribution >= 4 is 21.6 Å². The van der Waals surface area contributed by atoms with Crippen LogP contribution in [-0.2, 0) is 17.1 Å². The number of imidazole rings is 1. The monoisotopic (exact) mass is 335 g/mol. The molecule has 0 radical (unpaired) electrons. The molecule has 1 fully saturated rings. The van der Waals surface area contributed by atoms with Gasteiger partial charge in [0.05, 0.1) is 6.10 Å². The van der Waals surface area contributed by atoms with Crippen LogP contribution in [0.1, 0.15) is 39.0 Å². The predicted octanol–water partition coefficient (Wildman–Crippen LogP) is 1.78. The minimum Gasteiger partial charge on any atom is -0.392 e. The van der Waals surface area contributed by atoms with Crippen LogP contribution in [0.5, 0.6) is 0 Å². The third kappa shape index (κ3) is 3.77. The van der Waals surface area contributed by atoms with Gasteiger partial charge in [0.2, 0.25) is 5.28 Å². The summed E-state index contributed by atoms with van der Waals surface area (Å²) in [6.45, 7) is 1.68. The summed E-state index contributed by atoms with van der Waals surface area (Å²) >= 11 is 5.85. The van der Waals surface area contributed by atoms with Crippen molar-refractivity contribution in [2.75, 3.05) is 6.54 Å². The van der Waals surface area contributed by atoms with Crippen LogP contribution in [0.4, 0.5) is 0 Å². The second-order valence-electron chi connectivity index (χ2n) is 5.67. The lowest BCUT2D eigenvalue weighted by Gasteiger charge is -2.33. The van der Waals surface area contributed by atoms with E-state index in [1.807, 2.05) is 0 Å². The molecule has 1 unspecified atom stereocenters. The summed E-state index contributed by atoms with van der Waals surface area (Å²) in [5.74, 6) is 0. The Morgan fingerprint density at radius 2 is 2.10 bits per heavy atom. The molecule has 1 aromatic heterocycles. The highest BCUT2D eigenvalue weighted by Crippen LogP contribution is 2.28. The number of sulfonamides is 1. The average Bonchev–Trinajstić information content (AvgIpc) is 2.77. The predicted molar refractivity (Wildman–Crippen MR) is 80.7 cm³/mol. The van der Waals surface area contributed by atoms with Gasteiger partial charge in [-0.2, -0.15) is 4.31 Å². The molecule has 1 aliphatic rings. The highest BCUT2D eigenvalue weighted by Gasteiger charge is 2.34. The summed E-state index contributed by atoms with van der Waals surface area (Å²) in [6.07, 6.45) is 5.50. The summed E-state index contributed by atoms with van der Waals surface area (Å²) < 4.78 is 28.5. The van der Waals surface area contributed by atoms with Crippen molar-refractivity contribution in [2.24, 2.45) is 7.05 Å². The summed E-state index contributed by atoms with van der Waals surface area (Å²) in [4.78, 5) is 3.92. The van der Waals surface area contributed by atoms with Crippen LogP contribution in [0.15, 0.2) is 11.2 Å². The van der Waals surface area contributed by atoms with E-state index in [4.69, 9.17) is 11.6 Å². The summed E-state index contributed by atoms with van der Waals surface area (Å²) in [6, 6.07) is -0.0702. The highest BCUT2D eigenvalue weighted by molar-refractivity contribution is 7.89. The van der Waals surface area contributed by atoms with Gasteiger partial charge >= 0.3 is 0 Å². The molecule has 1 aromatic rings. The van der Waals surface area contributed by atoms with Crippen molar-refractivity contribution in [3.63, 3.8) is 0 Å². The average molecular weight is 336 g/mol. The third-order valence-electron chi connectivity index (χ3n) is 3.80. The first-order valence-electron chi connectivity index (χ1n) is 7.21. The second-order valence-corrected chi connectivity index (χ2v) is 7.85. The molecule has 1 saturated carbocycles. The zero-order valence-electron chi connectivity index (χ0n) is 12.4. The largest absolute Gasteiger partial charge is 0.392 e. The number of halogens is 1. The van der Waals surface area contributed by atoms with Crippen LogP contribution in [0.25, 0.3) is 0 Å². The SMILES string of the molecule is CC(O)CN(C1CCCCC1)S(=O)(=O)c1cn(C)c(Cl)n1. The smallest absolute Gasteiger partial charge is 0.262 e. The van der Waals surface area contributed by atoms with E-state index in [-0.39, 0.29) is 22.9 Å². The molecule has 1 aliphatic carbocycles. The van der Waals surface area contributed by atoms with Gasteiger partial charge in [-0.15, -0.1) is 0 Å². The Morgan fingerprint density at radius 3 is 2.57 bits per heavy atom. The van der Waals surface area contributed by atoms with Gasteiger partial charge in [0.15, 0.2) is 5.03 Å². The zero-order valence-corrected chi connectivity index (χ0v) is 13.9. The maximum atomic E-state index is 12.8. The fourth-order valence-corrected chi connectivity index (χ4v) is 4.67. The standard InChI is InChI=1S/C13H22ClN3O3S/c1-10(18)8-17(11-6-4-3-5-7-11)21(19,20)12-9-16(2)13(14)15-12/h9-11,18H,3-8H2,1-2H3. The summed E-state index contributed by atoms with van der Waals surface area (Å²) in [5, 5.41) is 9.74. The second kappa shape index (κ2) is 6.64. The van der Waals surface area contributed by atoms with E-state index in [0.29, 0.717) is 0 Å². The molecule has 1 heterocycles. The maximum absolute atomic E-state index is 12.8. The van der Waals surface area contributed by atoms with E-state index in [1.165, 1.54) is 15.1 Å². The number of aryl methyl sites for hydroxylation is 1. The number of hydrogen-bond acceptors (Lipinski definition) is 4. The number of hydrogen-bond donors (Lipinski definition) is 1. The molecule has 0 bridgehead atoms. The first kappa shape index (κ1) is 16.7. The van der Waals surface area contributed by atoms with Crippen molar-refractivity contribution in [1.82, 2.24) is 13.9 Å². The Labute approximate surface area is 130 Å². The molecule has 0 spiro atoms. The Kier molecular flexibility index (Phi) is 5.29. The van der Waals surface area contributed by atoms with Crippen LogP contribution in [0.2, 0.25) is 5.28 Å². The molecule has 0 amide bonds. The van der Waals surface area contributed by atoms with Crippen LogP contribution in [0.3, 0.4) is 0 Å². The van der Waals surface area contributed by atoms with Crippen LogP contribution < -0.4 is 0 Å². The van der Waals surface area contributed by atoms with Gasteiger partial charge in [-0.05, 0) is 31.4 Å². The maximum Gasteiger partial charge on any atom is 0.262 e. The van der Waals surface area contributed by atoms with Crippen molar-refractivity contribution in [3.05, 3.63) is 11.5 Å². The Balaban J connectivity index is 2.33. The third-order valence-corrected chi connectivity index (χ3v) is 5.94. The fourth-order valence-electron chi connectivity index (χ4n) is 2.73. The van der Waals surface area contributed by atoms with Crippen LogP contribution in [-0.4, -0.2) is 46.1 Å². The molecule has 2 rings (SSSR count). The molecule has 120 valence electrons. The first-order valence-corrected chi connectivity index (χ1v) is 9.03. The minimum atomic E-state index is -3.74. The van der Waals surface area contributed by atoms with Crippen molar-refractivity contribution in [3.8, 4) is 0 Å². The Morgan fingerprint density at radius 1 is 1.48 bits per heavy atom. The fraction of sp³-hybridized carbons (Fsp3) is 0.769. The van der Waals surface area contributed by atoms with Gasteiger partial charge in [0.1, 0.15) is 0 Å². The quantitative estimate of drug-likeness (QED) is 0.890. The molecule has 0 aromatic carbocycles. The lowest BCUT2D eigenvalue weighted by Crippen LogP contribution is -2.45. The van der Waals surface area contributed by atoms with Crippen LogP contribution in [0, 0.1) is 0 Å². The van der Waals surface area contributed by atoms with E-state index in [9.17, 15) is 13.5 Å². The van der Waals surface area contributed by atoms with Gasteiger partial charge in [0.25, 0.3) is 10.0 Å². The van der Waals surface area contributed by atoms with Gasteiger partial charge in [-0.1, -0.05) is 19.3 Å². The summed E-state index contributed by atoms with van der Waals surface area (Å²) in [5.41, 5.74) is 0. The molecule has 21 heavy (non-hydrogen) atoms. The Bertz CT molecular complexity index is 560. The van der Waals surface area contributed by atoms with Gasteiger partial charge in [-0.3, -0.25) is 0 Å². The van der Waals surface area contributed by atoms with E-state index >= 15 is 0 Å². The molecular formula is C13H22ClN3O3S. The lowest BCUT2D eigenvalue weighted by molar-refractivity contribution is 0.136. The van der Waals surface area contributed by atoms with Crippen molar-refractivity contribution in [2.45, 2.75) is 56.2 Å². The summed E-state index contributed by atoms with van der Waals surface area (Å²) in [7, 11) is -2.09. The number of aromatic nitrogens is 2. The van der Waals surface area contributed by atoms with Crippen LogP contribution >= 0.6 is 11.6 Å². The van der Waals surface area contributed by atoms with E-state index in [1.54, 1.807) is 14.0 Å². The highest BCUT2D eigenvalue weighted by atomic mass is 35.5. The molecule has 1 atom stereocenters. The minimum absolute atomic E-state index is 0.0544. The zero-order chi connectivity index (χ0) is 15.6. The number of aliphatic hydroxyl groups excluding tert-OH is 1. The van der Waals surface area contributed by atoms with Crippen molar-refractivity contribution in [1.29, 1.82) is 0 Å².